The molecule has 0 fully saturated rings. The Bertz CT molecular complexity index is 299. The zero-order chi connectivity index (χ0) is 10.7. The summed E-state index contributed by atoms with van der Waals surface area (Å²) >= 11 is 0. The number of aliphatic hydroxyl groups excluding tert-OH is 1. The molecule has 1 rings (SSSR count). The largest absolute Gasteiger partial charge is 0.504 e. The fraction of sp³-hybridized carbons (Fsp3) is 0.400. The van der Waals surface area contributed by atoms with Gasteiger partial charge in [-0.15, -0.1) is 0 Å². The van der Waals surface area contributed by atoms with Crippen molar-refractivity contribution in [3.8, 4) is 17.2 Å². The van der Waals surface area contributed by atoms with Crippen molar-refractivity contribution < 1.29 is 20.4 Å². The van der Waals surface area contributed by atoms with Crippen LogP contribution in [0.4, 0.5) is 0 Å². The minimum atomic E-state index is -0.725. The molecule has 0 radical (unpaired) electrons. The number of hydrogen-bond acceptors (Lipinski definition) is 4. The van der Waals surface area contributed by atoms with Gasteiger partial charge in [-0.2, -0.15) is 0 Å². The molecule has 4 heteroatoms. The SMILES string of the molecule is CCCC(O)c1cc(O)c(O)c(O)c1. The third-order valence-electron chi connectivity index (χ3n) is 2.04. The second-order valence-corrected chi connectivity index (χ2v) is 3.21. The van der Waals surface area contributed by atoms with Crippen molar-refractivity contribution in [1.29, 1.82) is 0 Å². The Kier molecular flexibility index (Phi) is 3.19. The van der Waals surface area contributed by atoms with Gasteiger partial charge in [-0.25, -0.2) is 0 Å². The van der Waals surface area contributed by atoms with Gasteiger partial charge in [0.15, 0.2) is 17.2 Å². The summed E-state index contributed by atoms with van der Waals surface area (Å²) in [5.74, 6) is -1.40. The van der Waals surface area contributed by atoms with Crippen LogP contribution < -0.4 is 0 Å². The van der Waals surface area contributed by atoms with E-state index in [9.17, 15) is 15.3 Å². The van der Waals surface area contributed by atoms with E-state index < -0.39 is 23.4 Å². The van der Waals surface area contributed by atoms with E-state index in [-0.39, 0.29) is 0 Å². The lowest BCUT2D eigenvalue weighted by Crippen LogP contribution is -1.96. The van der Waals surface area contributed by atoms with Crippen LogP contribution in [0.3, 0.4) is 0 Å². The molecule has 14 heavy (non-hydrogen) atoms. The summed E-state index contributed by atoms with van der Waals surface area (Å²) in [4.78, 5) is 0. The maximum Gasteiger partial charge on any atom is 0.200 e. The molecule has 0 spiro atoms. The van der Waals surface area contributed by atoms with Crippen molar-refractivity contribution in [2.75, 3.05) is 0 Å². The van der Waals surface area contributed by atoms with Crippen molar-refractivity contribution in [1.82, 2.24) is 0 Å². The molecule has 1 aromatic carbocycles. The van der Waals surface area contributed by atoms with Gasteiger partial charge < -0.3 is 20.4 Å². The second-order valence-electron chi connectivity index (χ2n) is 3.21. The minimum absolute atomic E-state index is 0.402. The van der Waals surface area contributed by atoms with Crippen LogP contribution in [-0.2, 0) is 0 Å². The molecular weight excluding hydrogens is 184 g/mol. The second kappa shape index (κ2) is 4.19. The molecule has 0 aliphatic carbocycles. The van der Waals surface area contributed by atoms with Gasteiger partial charge in [-0.3, -0.25) is 0 Å². The Morgan fingerprint density at radius 1 is 1.14 bits per heavy atom. The van der Waals surface area contributed by atoms with Crippen molar-refractivity contribution in [2.24, 2.45) is 0 Å². The van der Waals surface area contributed by atoms with Crippen molar-refractivity contribution in [2.45, 2.75) is 25.9 Å². The Labute approximate surface area is 82.1 Å². The molecule has 0 aromatic heterocycles. The van der Waals surface area contributed by atoms with Crippen LogP contribution in [0, 0.1) is 0 Å². The summed E-state index contributed by atoms with van der Waals surface area (Å²) in [6.07, 6.45) is 0.616. The number of hydrogen-bond donors (Lipinski definition) is 4. The molecule has 78 valence electrons. The van der Waals surface area contributed by atoms with E-state index in [1.807, 2.05) is 6.92 Å². The van der Waals surface area contributed by atoms with Gasteiger partial charge >= 0.3 is 0 Å². The molecule has 0 saturated heterocycles. The van der Waals surface area contributed by atoms with E-state index in [1.165, 1.54) is 12.1 Å². The topological polar surface area (TPSA) is 80.9 Å². The fourth-order valence-electron chi connectivity index (χ4n) is 1.26. The van der Waals surface area contributed by atoms with E-state index in [0.29, 0.717) is 12.0 Å². The molecule has 4 nitrogen and oxygen atoms in total. The predicted octanol–water partition coefficient (Wildman–Crippen LogP) is 1.64. The quantitative estimate of drug-likeness (QED) is 0.556. The molecule has 1 atom stereocenters. The highest BCUT2D eigenvalue weighted by atomic mass is 16.3. The number of phenols is 3. The van der Waals surface area contributed by atoms with Crippen LogP contribution in [-0.4, -0.2) is 20.4 Å². The monoisotopic (exact) mass is 198 g/mol. The molecule has 0 aliphatic heterocycles. The summed E-state index contributed by atoms with van der Waals surface area (Å²) in [5.41, 5.74) is 0.402. The highest BCUT2D eigenvalue weighted by Gasteiger charge is 2.13. The number of benzene rings is 1. The maximum atomic E-state index is 9.56. The maximum absolute atomic E-state index is 9.56. The van der Waals surface area contributed by atoms with E-state index in [4.69, 9.17) is 5.11 Å². The predicted molar refractivity (Wildman–Crippen MR) is 51.3 cm³/mol. The third-order valence-corrected chi connectivity index (χ3v) is 2.04. The smallest absolute Gasteiger partial charge is 0.200 e. The van der Waals surface area contributed by atoms with E-state index in [0.717, 1.165) is 6.42 Å². The van der Waals surface area contributed by atoms with Gasteiger partial charge in [0.25, 0.3) is 0 Å². The molecule has 4 N–H and O–H groups in total. The first kappa shape index (κ1) is 10.7. The van der Waals surface area contributed by atoms with Gasteiger partial charge in [0.05, 0.1) is 6.10 Å². The number of rotatable bonds is 3. The average Bonchev–Trinajstić information content (AvgIpc) is 2.13. The molecule has 1 unspecified atom stereocenters. The molecule has 1 aromatic rings. The van der Waals surface area contributed by atoms with Crippen LogP contribution in [0.1, 0.15) is 31.4 Å². The van der Waals surface area contributed by atoms with Gasteiger partial charge in [0, 0.05) is 0 Å². The molecule has 0 amide bonds. The Hall–Kier alpha value is -1.42. The summed E-state index contributed by atoms with van der Waals surface area (Å²) in [7, 11) is 0. The van der Waals surface area contributed by atoms with Crippen molar-refractivity contribution in [3.63, 3.8) is 0 Å². The molecule has 0 heterocycles. The average molecular weight is 198 g/mol. The Balaban J connectivity index is 3.00. The van der Waals surface area contributed by atoms with Crippen LogP contribution in [0.15, 0.2) is 12.1 Å². The lowest BCUT2D eigenvalue weighted by Gasteiger charge is -2.11. The summed E-state index contributed by atoms with van der Waals surface area (Å²) in [5, 5.41) is 37.0. The lowest BCUT2D eigenvalue weighted by molar-refractivity contribution is 0.165. The Morgan fingerprint density at radius 3 is 2.07 bits per heavy atom. The van der Waals surface area contributed by atoms with Crippen LogP contribution in [0.25, 0.3) is 0 Å². The van der Waals surface area contributed by atoms with E-state index in [2.05, 4.69) is 0 Å². The van der Waals surface area contributed by atoms with Crippen molar-refractivity contribution >= 4 is 0 Å². The first-order valence-corrected chi connectivity index (χ1v) is 4.49. The van der Waals surface area contributed by atoms with E-state index in [1.54, 1.807) is 0 Å². The van der Waals surface area contributed by atoms with Gasteiger partial charge in [-0.1, -0.05) is 13.3 Å². The van der Waals surface area contributed by atoms with Gasteiger partial charge in [-0.05, 0) is 24.1 Å². The highest BCUT2D eigenvalue weighted by molar-refractivity contribution is 5.51. The van der Waals surface area contributed by atoms with Crippen LogP contribution in [0.5, 0.6) is 17.2 Å². The minimum Gasteiger partial charge on any atom is -0.504 e. The van der Waals surface area contributed by atoms with Gasteiger partial charge in [0.2, 0.25) is 0 Å². The molecule has 0 aliphatic rings. The molecular formula is C10H14O4. The number of aliphatic hydroxyl groups is 1. The highest BCUT2D eigenvalue weighted by Crippen LogP contribution is 2.37. The Morgan fingerprint density at radius 2 is 1.64 bits per heavy atom. The zero-order valence-corrected chi connectivity index (χ0v) is 7.94. The summed E-state index contributed by atoms with van der Waals surface area (Å²) in [6.45, 7) is 1.92. The number of aromatic hydroxyl groups is 3. The first-order chi connectivity index (χ1) is 6.56. The zero-order valence-electron chi connectivity index (χ0n) is 7.94. The fourth-order valence-corrected chi connectivity index (χ4v) is 1.26. The molecule has 0 bridgehead atoms. The summed E-state index contributed by atoms with van der Waals surface area (Å²) in [6, 6.07) is 2.49. The summed E-state index contributed by atoms with van der Waals surface area (Å²) < 4.78 is 0. The first-order valence-electron chi connectivity index (χ1n) is 4.49. The van der Waals surface area contributed by atoms with Crippen LogP contribution in [0.2, 0.25) is 0 Å². The van der Waals surface area contributed by atoms with Crippen LogP contribution >= 0.6 is 0 Å². The third kappa shape index (κ3) is 2.09. The molecule has 0 saturated carbocycles. The number of phenolic OH excluding ortho intramolecular Hbond substituents is 3. The van der Waals surface area contributed by atoms with Crippen molar-refractivity contribution in [3.05, 3.63) is 17.7 Å². The normalized spacial score (nSPS) is 12.7. The standard InChI is InChI=1S/C10H14O4/c1-2-3-7(11)6-4-8(12)10(14)9(13)5-6/h4-5,7,11-14H,2-3H2,1H3. The van der Waals surface area contributed by atoms with E-state index >= 15 is 0 Å². The lowest BCUT2D eigenvalue weighted by atomic mass is 10.0. The van der Waals surface area contributed by atoms with Gasteiger partial charge in [0.1, 0.15) is 0 Å².